The van der Waals surface area contributed by atoms with Crippen LogP contribution >= 0.6 is 0 Å². The van der Waals surface area contributed by atoms with Crippen LogP contribution in [0.1, 0.15) is 36.3 Å². The molecule has 0 aliphatic heterocycles. The van der Waals surface area contributed by atoms with Gasteiger partial charge in [-0.15, -0.1) is 0 Å². The van der Waals surface area contributed by atoms with E-state index in [0.717, 1.165) is 16.6 Å². The molecule has 0 spiro atoms. The fourth-order valence-electron chi connectivity index (χ4n) is 2.71. The Morgan fingerprint density at radius 1 is 1.27 bits per heavy atom. The number of hydrogen-bond donors (Lipinski definition) is 3. The quantitative estimate of drug-likeness (QED) is 0.767. The summed E-state index contributed by atoms with van der Waals surface area (Å²) in [5.74, 6) is -1.39. The number of H-pyrrole nitrogens is 1. The number of benzene rings is 1. The molecule has 118 valence electrons. The monoisotopic (exact) mass is 302 g/mol. The SMILES string of the molecule is Cc1[nH]c2ccccc2c1C(=O)NCC(CC(C)C)C(=O)O. The number of aliphatic carboxylic acids is 1. The normalized spacial score (nSPS) is 12.5. The molecule has 22 heavy (non-hydrogen) atoms. The van der Waals surface area contributed by atoms with Gasteiger partial charge in [0.1, 0.15) is 0 Å². The van der Waals surface area contributed by atoms with Crippen LogP contribution in [0.15, 0.2) is 24.3 Å². The number of aromatic nitrogens is 1. The first-order chi connectivity index (χ1) is 10.4. The summed E-state index contributed by atoms with van der Waals surface area (Å²) in [6.45, 7) is 5.94. The number of carboxylic acid groups (broad SMARTS) is 1. The van der Waals surface area contributed by atoms with E-state index in [1.54, 1.807) is 0 Å². The number of carbonyl (C=O) groups excluding carboxylic acids is 1. The number of aryl methyl sites for hydroxylation is 1. The fourth-order valence-corrected chi connectivity index (χ4v) is 2.71. The lowest BCUT2D eigenvalue weighted by Crippen LogP contribution is -2.33. The average molecular weight is 302 g/mol. The summed E-state index contributed by atoms with van der Waals surface area (Å²) in [4.78, 5) is 26.9. The average Bonchev–Trinajstić information content (AvgIpc) is 2.78. The van der Waals surface area contributed by atoms with Crippen LogP contribution in [-0.4, -0.2) is 28.5 Å². The van der Waals surface area contributed by atoms with Gasteiger partial charge >= 0.3 is 5.97 Å². The van der Waals surface area contributed by atoms with Gasteiger partial charge in [0.05, 0.1) is 11.5 Å². The molecule has 5 nitrogen and oxygen atoms in total. The zero-order valence-corrected chi connectivity index (χ0v) is 13.1. The van der Waals surface area contributed by atoms with Crippen LogP contribution in [0.4, 0.5) is 0 Å². The van der Waals surface area contributed by atoms with Crippen molar-refractivity contribution in [2.24, 2.45) is 11.8 Å². The number of para-hydroxylation sites is 1. The second-order valence-corrected chi connectivity index (χ2v) is 6.05. The smallest absolute Gasteiger partial charge is 0.308 e. The van der Waals surface area contributed by atoms with Gasteiger partial charge in [-0.1, -0.05) is 32.0 Å². The first-order valence-electron chi connectivity index (χ1n) is 7.48. The van der Waals surface area contributed by atoms with Gasteiger partial charge in [-0.2, -0.15) is 0 Å². The lowest BCUT2D eigenvalue weighted by molar-refractivity contribution is -0.142. The van der Waals surface area contributed by atoms with Crippen LogP contribution in [0.3, 0.4) is 0 Å². The van der Waals surface area contributed by atoms with E-state index in [1.807, 2.05) is 45.0 Å². The highest BCUT2D eigenvalue weighted by Crippen LogP contribution is 2.21. The molecule has 0 saturated heterocycles. The maximum absolute atomic E-state index is 12.4. The van der Waals surface area contributed by atoms with Gasteiger partial charge in [0.25, 0.3) is 5.91 Å². The predicted molar refractivity (Wildman–Crippen MR) is 85.9 cm³/mol. The Morgan fingerprint density at radius 3 is 2.59 bits per heavy atom. The summed E-state index contributed by atoms with van der Waals surface area (Å²) in [5, 5.41) is 12.9. The molecular weight excluding hydrogens is 280 g/mol. The predicted octanol–water partition coefficient (Wildman–Crippen LogP) is 2.95. The molecule has 2 rings (SSSR count). The maximum Gasteiger partial charge on any atom is 0.308 e. The van der Waals surface area contributed by atoms with Crippen LogP contribution < -0.4 is 5.32 Å². The van der Waals surface area contributed by atoms with Crippen LogP contribution in [0.5, 0.6) is 0 Å². The number of rotatable bonds is 6. The number of nitrogens with one attached hydrogen (secondary N) is 2. The molecule has 1 atom stereocenters. The Kier molecular flexibility index (Phi) is 4.85. The molecule has 0 saturated carbocycles. The van der Waals surface area contributed by atoms with Crippen LogP contribution in [0.2, 0.25) is 0 Å². The largest absolute Gasteiger partial charge is 0.481 e. The van der Waals surface area contributed by atoms with E-state index < -0.39 is 11.9 Å². The minimum absolute atomic E-state index is 0.144. The highest BCUT2D eigenvalue weighted by Gasteiger charge is 2.21. The summed E-state index contributed by atoms with van der Waals surface area (Å²) >= 11 is 0. The van der Waals surface area contributed by atoms with Crippen molar-refractivity contribution in [1.29, 1.82) is 0 Å². The highest BCUT2D eigenvalue weighted by molar-refractivity contribution is 6.08. The van der Waals surface area contributed by atoms with Gasteiger partial charge in [-0.05, 0) is 25.3 Å². The Bertz CT molecular complexity index is 688. The third kappa shape index (κ3) is 3.47. The van der Waals surface area contributed by atoms with Crippen molar-refractivity contribution in [3.63, 3.8) is 0 Å². The van der Waals surface area contributed by atoms with Gasteiger partial charge in [0.15, 0.2) is 0 Å². The number of amides is 1. The molecule has 1 aromatic heterocycles. The molecule has 0 radical (unpaired) electrons. The lowest BCUT2D eigenvalue weighted by Gasteiger charge is -2.15. The minimum Gasteiger partial charge on any atom is -0.481 e. The molecule has 0 aliphatic carbocycles. The summed E-state index contributed by atoms with van der Waals surface area (Å²) in [6.07, 6.45) is 0.544. The lowest BCUT2D eigenvalue weighted by atomic mass is 9.97. The Balaban J connectivity index is 2.14. The van der Waals surface area contributed by atoms with Crippen molar-refractivity contribution in [2.45, 2.75) is 27.2 Å². The van der Waals surface area contributed by atoms with Crippen molar-refractivity contribution in [3.05, 3.63) is 35.5 Å². The third-order valence-electron chi connectivity index (χ3n) is 3.73. The second kappa shape index (κ2) is 6.64. The van der Waals surface area contributed by atoms with Gasteiger partial charge in [-0.3, -0.25) is 9.59 Å². The van der Waals surface area contributed by atoms with Crippen molar-refractivity contribution in [1.82, 2.24) is 10.3 Å². The van der Waals surface area contributed by atoms with E-state index in [0.29, 0.717) is 12.0 Å². The molecule has 0 aliphatic rings. The summed E-state index contributed by atoms with van der Waals surface area (Å²) in [6, 6.07) is 7.59. The van der Waals surface area contributed by atoms with Crippen molar-refractivity contribution in [2.75, 3.05) is 6.54 Å². The van der Waals surface area contributed by atoms with Crippen molar-refractivity contribution in [3.8, 4) is 0 Å². The number of fused-ring (bicyclic) bond motifs is 1. The van der Waals surface area contributed by atoms with E-state index in [2.05, 4.69) is 10.3 Å². The van der Waals surface area contributed by atoms with Crippen molar-refractivity contribution < 1.29 is 14.7 Å². The number of carbonyl (C=O) groups is 2. The topological polar surface area (TPSA) is 82.2 Å². The molecular formula is C17H22N2O3. The fraction of sp³-hybridized carbons (Fsp3) is 0.412. The Morgan fingerprint density at radius 2 is 1.95 bits per heavy atom. The van der Waals surface area contributed by atoms with Crippen LogP contribution in [0, 0.1) is 18.8 Å². The van der Waals surface area contributed by atoms with Crippen LogP contribution in [0.25, 0.3) is 10.9 Å². The summed E-state index contributed by atoms with van der Waals surface area (Å²) in [7, 11) is 0. The molecule has 1 unspecified atom stereocenters. The van der Waals surface area contributed by atoms with E-state index in [4.69, 9.17) is 0 Å². The molecule has 5 heteroatoms. The standard InChI is InChI=1S/C17H22N2O3/c1-10(2)8-12(17(21)22)9-18-16(20)15-11(3)19-14-7-5-4-6-13(14)15/h4-7,10,12,19H,8-9H2,1-3H3,(H,18,20)(H,21,22). The number of hydrogen-bond acceptors (Lipinski definition) is 2. The minimum atomic E-state index is -0.871. The molecule has 2 aromatic rings. The van der Waals surface area contributed by atoms with Gasteiger partial charge in [0, 0.05) is 23.1 Å². The van der Waals surface area contributed by atoms with Gasteiger partial charge in [0.2, 0.25) is 0 Å². The van der Waals surface area contributed by atoms with E-state index in [1.165, 1.54) is 0 Å². The summed E-state index contributed by atoms with van der Waals surface area (Å²) in [5.41, 5.74) is 2.28. The third-order valence-corrected chi connectivity index (χ3v) is 3.73. The Labute approximate surface area is 129 Å². The molecule has 1 aromatic carbocycles. The number of aromatic amines is 1. The maximum atomic E-state index is 12.4. The van der Waals surface area contributed by atoms with E-state index in [9.17, 15) is 14.7 Å². The zero-order valence-electron chi connectivity index (χ0n) is 13.1. The molecule has 0 fully saturated rings. The molecule has 0 bridgehead atoms. The first-order valence-corrected chi connectivity index (χ1v) is 7.48. The van der Waals surface area contributed by atoms with Gasteiger partial charge < -0.3 is 15.4 Å². The molecule has 1 heterocycles. The van der Waals surface area contributed by atoms with E-state index in [-0.39, 0.29) is 18.4 Å². The van der Waals surface area contributed by atoms with Crippen molar-refractivity contribution >= 4 is 22.8 Å². The van der Waals surface area contributed by atoms with E-state index >= 15 is 0 Å². The highest BCUT2D eigenvalue weighted by atomic mass is 16.4. The second-order valence-electron chi connectivity index (χ2n) is 6.05. The first kappa shape index (κ1) is 16.1. The number of carboxylic acids is 1. The Hall–Kier alpha value is -2.30. The molecule has 3 N–H and O–H groups in total. The zero-order chi connectivity index (χ0) is 16.3. The molecule has 1 amide bonds. The van der Waals surface area contributed by atoms with Gasteiger partial charge in [-0.25, -0.2) is 0 Å². The summed E-state index contributed by atoms with van der Waals surface area (Å²) < 4.78 is 0. The van der Waals surface area contributed by atoms with Crippen LogP contribution in [-0.2, 0) is 4.79 Å².